The topological polar surface area (TPSA) is 40.5 Å². The minimum Gasteiger partial charge on any atom is -0.482 e. The average Bonchev–Trinajstić information content (AvgIpc) is 2.91. The molecule has 0 saturated heterocycles. The lowest BCUT2D eigenvalue weighted by Crippen LogP contribution is -2.14. The summed E-state index contributed by atoms with van der Waals surface area (Å²) in [4.78, 5) is 11.1. The van der Waals surface area contributed by atoms with Gasteiger partial charge in [-0.1, -0.05) is 0 Å². The monoisotopic (exact) mass is 245 g/mol. The Kier molecular flexibility index (Phi) is 4.02. The molecule has 0 spiro atoms. The third kappa shape index (κ3) is 3.13. The molecule has 2 aromatic rings. The molecule has 0 amide bonds. The molecular formula is C14H15NO3. The standard InChI is InChI=1S/C14H15NO3/c1-2-17-14(16)11-18-13-7-5-12(6-8-13)15-9-3-4-10-15/h3-10H,2,11H2,1H3. The van der Waals surface area contributed by atoms with Crippen LogP contribution in [0.5, 0.6) is 5.75 Å². The molecule has 94 valence electrons. The summed E-state index contributed by atoms with van der Waals surface area (Å²) in [5.41, 5.74) is 1.04. The van der Waals surface area contributed by atoms with Crippen LogP contribution in [0.2, 0.25) is 0 Å². The fraction of sp³-hybridized carbons (Fsp3) is 0.214. The van der Waals surface area contributed by atoms with Crippen molar-refractivity contribution in [2.75, 3.05) is 13.2 Å². The number of hydrogen-bond acceptors (Lipinski definition) is 3. The number of rotatable bonds is 5. The molecule has 0 unspecified atom stereocenters. The lowest BCUT2D eigenvalue weighted by molar-refractivity contribution is -0.145. The summed E-state index contributed by atoms with van der Waals surface area (Å²) in [6.07, 6.45) is 3.93. The molecule has 0 atom stereocenters. The third-order valence-corrected chi connectivity index (χ3v) is 2.40. The molecule has 4 heteroatoms. The minimum atomic E-state index is -0.355. The van der Waals surface area contributed by atoms with E-state index < -0.39 is 0 Å². The van der Waals surface area contributed by atoms with Crippen molar-refractivity contribution in [3.63, 3.8) is 0 Å². The maximum atomic E-state index is 11.1. The number of hydrogen-bond donors (Lipinski definition) is 0. The van der Waals surface area contributed by atoms with Crippen molar-refractivity contribution in [3.05, 3.63) is 48.8 Å². The second-order valence-corrected chi connectivity index (χ2v) is 3.68. The van der Waals surface area contributed by atoms with Crippen LogP contribution < -0.4 is 4.74 Å². The Labute approximate surface area is 106 Å². The summed E-state index contributed by atoms with van der Waals surface area (Å²) in [7, 11) is 0. The molecule has 1 aromatic heterocycles. The zero-order valence-electron chi connectivity index (χ0n) is 10.2. The molecule has 0 aliphatic carbocycles. The van der Waals surface area contributed by atoms with Crippen molar-refractivity contribution in [1.29, 1.82) is 0 Å². The predicted octanol–water partition coefficient (Wildman–Crippen LogP) is 2.42. The highest BCUT2D eigenvalue weighted by Gasteiger charge is 2.03. The van der Waals surface area contributed by atoms with Crippen LogP contribution in [0.1, 0.15) is 6.92 Å². The molecule has 0 aliphatic heterocycles. The number of aromatic nitrogens is 1. The largest absolute Gasteiger partial charge is 0.482 e. The van der Waals surface area contributed by atoms with E-state index in [0.29, 0.717) is 12.4 Å². The summed E-state index contributed by atoms with van der Waals surface area (Å²) in [6, 6.07) is 11.4. The van der Waals surface area contributed by atoms with E-state index >= 15 is 0 Å². The molecule has 0 radical (unpaired) electrons. The van der Waals surface area contributed by atoms with Crippen molar-refractivity contribution in [2.24, 2.45) is 0 Å². The van der Waals surface area contributed by atoms with Gasteiger partial charge in [0.05, 0.1) is 6.61 Å². The zero-order chi connectivity index (χ0) is 12.8. The van der Waals surface area contributed by atoms with Crippen LogP contribution in [0.4, 0.5) is 0 Å². The average molecular weight is 245 g/mol. The lowest BCUT2D eigenvalue weighted by atomic mass is 10.3. The van der Waals surface area contributed by atoms with Gasteiger partial charge in [-0.2, -0.15) is 0 Å². The number of ether oxygens (including phenoxy) is 2. The van der Waals surface area contributed by atoms with Crippen LogP contribution in [0, 0.1) is 0 Å². The summed E-state index contributed by atoms with van der Waals surface area (Å²) in [5, 5.41) is 0. The maximum Gasteiger partial charge on any atom is 0.344 e. The number of benzene rings is 1. The highest BCUT2D eigenvalue weighted by Crippen LogP contribution is 2.15. The summed E-state index contributed by atoms with van der Waals surface area (Å²) in [6.45, 7) is 2.08. The van der Waals surface area contributed by atoms with E-state index in [0.717, 1.165) is 5.69 Å². The first-order chi connectivity index (χ1) is 8.79. The fourth-order valence-corrected chi connectivity index (χ4v) is 1.57. The molecule has 0 saturated carbocycles. The van der Waals surface area contributed by atoms with E-state index in [1.165, 1.54) is 0 Å². The van der Waals surface area contributed by atoms with Crippen LogP contribution in [-0.2, 0) is 9.53 Å². The molecule has 0 bridgehead atoms. The van der Waals surface area contributed by atoms with E-state index in [-0.39, 0.29) is 12.6 Å². The molecule has 0 fully saturated rings. The molecule has 18 heavy (non-hydrogen) atoms. The first-order valence-corrected chi connectivity index (χ1v) is 5.81. The van der Waals surface area contributed by atoms with Gasteiger partial charge in [0.15, 0.2) is 6.61 Å². The van der Waals surface area contributed by atoms with Crippen molar-refractivity contribution >= 4 is 5.97 Å². The lowest BCUT2D eigenvalue weighted by Gasteiger charge is -2.07. The van der Waals surface area contributed by atoms with Gasteiger partial charge in [0.1, 0.15) is 5.75 Å². The van der Waals surface area contributed by atoms with Gasteiger partial charge in [-0.15, -0.1) is 0 Å². The van der Waals surface area contributed by atoms with Crippen LogP contribution in [0.25, 0.3) is 5.69 Å². The van der Waals surface area contributed by atoms with E-state index in [4.69, 9.17) is 9.47 Å². The van der Waals surface area contributed by atoms with Gasteiger partial charge in [0, 0.05) is 18.1 Å². The van der Waals surface area contributed by atoms with Gasteiger partial charge in [-0.05, 0) is 43.3 Å². The number of carbonyl (C=O) groups is 1. The van der Waals surface area contributed by atoms with Gasteiger partial charge < -0.3 is 14.0 Å². The molecule has 1 heterocycles. The SMILES string of the molecule is CCOC(=O)COc1ccc(-n2cccc2)cc1. The van der Waals surface area contributed by atoms with Gasteiger partial charge in [-0.3, -0.25) is 0 Å². The minimum absolute atomic E-state index is 0.0588. The molecule has 0 aliphatic rings. The van der Waals surface area contributed by atoms with Crippen LogP contribution in [-0.4, -0.2) is 23.8 Å². The summed E-state index contributed by atoms with van der Waals surface area (Å²) < 4.78 is 12.1. The van der Waals surface area contributed by atoms with Crippen molar-refractivity contribution in [2.45, 2.75) is 6.92 Å². The molecule has 1 aromatic carbocycles. The van der Waals surface area contributed by atoms with Crippen molar-refractivity contribution < 1.29 is 14.3 Å². The molecule has 0 N–H and O–H groups in total. The highest BCUT2D eigenvalue weighted by atomic mass is 16.6. The Hall–Kier alpha value is -2.23. The Morgan fingerprint density at radius 2 is 1.83 bits per heavy atom. The fourth-order valence-electron chi connectivity index (χ4n) is 1.57. The highest BCUT2D eigenvalue weighted by molar-refractivity contribution is 5.71. The predicted molar refractivity (Wildman–Crippen MR) is 67.9 cm³/mol. The van der Waals surface area contributed by atoms with Crippen molar-refractivity contribution in [1.82, 2.24) is 4.57 Å². The van der Waals surface area contributed by atoms with Gasteiger partial charge >= 0.3 is 5.97 Å². The van der Waals surface area contributed by atoms with E-state index in [2.05, 4.69) is 0 Å². The second kappa shape index (κ2) is 5.91. The molecule has 2 rings (SSSR count). The van der Waals surface area contributed by atoms with E-state index in [9.17, 15) is 4.79 Å². The summed E-state index contributed by atoms with van der Waals surface area (Å²) in [5.74, 6) is 0.297. The first-order valence-electron chi connectivity index (χ1n) is 5.81. The molecular weight excluding hydrogens is 230 g/mol. The Balaban J connectivity index is 1.94. The zero-order valence-corrected chi connectivity index (χ0v) is 10.2. The smallest absolute Gasteiger partial charge is 0.344 e. The van der Waals surface area contributed by atoms with Crippen LogP contribution in [0.15, 0.2) is 48.8 Å². The quantitative estimate of drug-likeness (QED) is 0.759. The Morgan fingerprint density at radius 1 is 1.17 bits per heavy atom. The van der Waals surface area contributed by atoms with Crippen molar-refractivity contribution in [3.8, 4) is 11.4 Å². The van der Waals surface area contributed by atoms with Gasteiger partial charge in [-0.25, -0.2) is 4.79 Å². The normalized spacial score (nSPS) is 10.1. The van der Waals surface area contributed by atoms with E-state index in [1.807, 2.05) is 53.4 Å². The Bertz CT molecular complexity index is 488. The second-order valence-electron chi connectivity index (χ2n) is 3.68. The van der Waals surface area contributed by atoms with Crippen LogP contribution >= 0.6 is 0 Å². The number of carbonyl (C=O) groups excluding carboxylic acids is 1. The third-order valence-electron chi connectivity index (χ3n) is 2.40. The number of nitrogens with zero attached hydrogens (tertiary/aromatic N) is 1. The first kappa shape index (κ1) is 12.2. The Morgan fingerprint density at radius 3 is 2.44 bits per heavy atom. The number of esters is 1. The van der Waals surface area contributed by atoms with Crippen LogP contribution in [0.3, 0.4) is 0 Å². The van der Waals surface area contributed by atoms with Gasteiger partial charge in [0.2, 0.25) is 0 Å². The maximum absolute atomic E-state index is 11.1. The van der Waals surface area contributed by atoms with E-state index in [1.54, 1.807) is 6.92 Å². The summed E-state index contributed by atoms with van der Waals surface area (Å²) >= 11 is 0. The van der Waals surface area contributed by atoms with Gasteiger partial charge in [0.25, 0.3) is 0 Å². The molecule has 4 nitrogen and oxygen atoms in total.